The maximum Gasteiger partial charge on any atom is 0.309 e. The number of para-hydroxylation sites is 1. The molecule has 2 rings (SSSR count). The van der Waals surface area contributed by atoms with Gasteiger partial charge in [-0.15, -0.1) is 0 Å². The van der Waals surface area contributed by atoms with Crippen molar-refractivity contribution in [2.45, 2.75) is 46.6 Å². The van der Waals surface area contributed by atoms with Crippen LogP contribution in [0.5, 0.6) is 0 Å². The number of fused-ring (bicyclic) bond motifs is 1. The fourth-order valence-electron chi connectivity index (χ4n) is 2.76. The molecule has 1 atom stereocenters. The summed E-state index contributed by atoms with van der Waals surface area (Å²) in [5, 5.41) is 15.2. The molecule has 108 valence electrons. The van der Waals surface area contributed by atoms with E-state index < -0.39 is 11.4 Å². The van der Waals surface area contributed by atoms with Crippen molar-refractivity contribution in [3.8, 4) is 0 Å². The summed E-state index contributed by atoms with van der Waals surface area (Å²) in [6.07, 6.45) is 1.99. The molecule has 1 heterocycles. The van der Waals surface area contributed by atoms with E-state index in [4.69, 9.17) is 0 Å². The number of hydrogen-bond acceptors (Lipinski definition) is 2. The van der Waals surface area contributed by atoms with Gasteiger partial charge >= 0.3 is 5.97 Å². The first kappa shape index (κ1) is 14.6. The summed E-state index contributed by atoms with van der Waals surface area (Å²) >= 11 is 0. The minimum absolute atomic E-state index is 0.476. The molecular formula is C16H22N2O2. The third-order valence-electron chi connectivity index (χ3n) is 3.91. The molecule has 1 N–H and O–H groups in total. The molecule has 2 aromatic rings. The van der Waals surface area contributed by atoms with Crippen LogP contribution in [-0.2, 0) is 17.8 Å². The lowest BCUT2D eigenvalue weighted by Crippen LogP contribution is -2.30. The third kappa shape index (κ3) is 2.55. The van der Waals surface area contributed by atoms with Crippen LogP contribution in [-0.4, -0.2) is 20.9 Å². The number of carboxylic acids is 1. The Hall–Kier alpha value is -1.84. The molecule has 1 aromatic carbocycles. The van der Waals surface area contributed by atoms with E-state index in [2.05, 4.69) is 5.10 Å². The number of aliphatic carboxylic acids is 1. The normalized spacial score (nSPS) is 14.3. The molecule has 0 amide bonds. The zero-order valence-corrected chi connectivity index (χ0v) is 12.4. The van der Waals surface area contributed by atoms with Gasteiger partial charge in [0.05, 0.1) is 16.6 Å². The number of carbonyl (C=O) groups is 1. The van der Waals surface area contributed by atoms with Crippen molar-refractivity contribution in [1.29, 1.82) is 0 Å². The predicted octanol–water partition coefficient (Wildman–Crippen LogP) is 3.49. The fourth-order valence-corrected chi connectivity index (χ4v) is 2.76. The monoisotopic (exact) mass is 274 g/mol. The lowest BCUT2D eigenvalue weighted by molar-refractivity contribution is -0.148. The fraction of sp³-hybridized carbons (Fsp3) is 0.500. The van der Waals surface area contributed by atoms with Crippen molar-refractivity contribution in [2.75, 3.05) is 0 Å². The van der Waals surface area contributed by atoms with E-state index in [1.807, 2.05) is 49.7 Å². The van der Waals surface area contributed by atoms with Crippen molar-refractivity contribution in [3.05, 3.63) is 30.0 Å². The first-order valence-electron chi connectivity index (χ1n) is 7.19. The quantitative estimate of drug-likeness (QED) is 0.877. The highest BCUT2D eigenvalue weighted by molar-refractivity contribution is 5.83. The summed E-state index contributed by atoms with van der Waals surface area (Å²) in [7, 11) is 0. The Bertz CT molecular complexity index is 618. The van der Waals surface area contributed by atoms with Crippen molar-refractivity contribution in [1.82, 2.24) is 9.78 Å². The largest absolute Gasteiger partial charge is 0.481 e. The van der Waals surface area contributed by atoms with Gasteiger partial charge < -0.3 is 5.11 Å². The minimum atomic E-state index is -0.746. The average Bonchev–Trinajstić information content (AvgIpc) is 2.77. The predicted molar refractivity (Wildman–Crippen MR) is 79.8 cm³/mol. The smallest absolute Gasteiger partial charge is 0.309 e. The summed E-state index contributed by atoms with van der Waals surface area (Å²) in [5.74, 6) is -0.741. The van der Waals surface area contributed by atoms with Gasteiger partial charge in [0.2, 0.25) is 0 Å². The van der Waals surface area contributed by atoms with Gasteiger partial charge in [-0.2, -0.15) is 5.10 Å². The summed E-state index contributed by atoms with van der Waals surface area (Å²) in [6, 6.07) is 8.03. The first-order valence-corrected chi connectivity index (χ1v) is 7.19. The Kier molecular flexibility index (Phi) is 4.12. The number of hydrogen-bond donors (Lipinski definition) is 1. The second-order valence-corrected chi connectivity index (χ2v) is 5.57. The van der Waals surface area contributed by atoms with E-state index in [1.165, 1.54) is 0 Å². The van der Waals surface area contributed by atoms with E-state index in [0.717, 1.165) is 29.6 Å². The lowest BCUT2D eigenvalue weighted by atomic mass is 9.81. The second-order valence-electron chi connectivity index (χ2n) is 5.57. The van der Waals surface area contributed by atoms with Crippen LogP contribution in [0.15, 0.2) is 24.3 Å². The van der Waals surface area contributed by atoms with Gasteiger partial charge in [0, 0.05) is 18.4 Å². The summed E-state index contributed by atoms with van der Waals surface area (Å²) in [6.45, 7) is 6.67. The third-order valence-corrected chi connectivity index (χ3v) is 3.91. The number of carboxylic acid groups (broad SMARTS) is 1. The van der Waals surface area contributed by atoms with Gasteiger partial charge in [0.15, 0.2) is 0 Å². The molecule has 1 aromatic heterocycles. The topological polar surface area (TPSA) is 55.1 Å². The van der Waals surface area contributed by atoms with E-state index >= 15 is 0 Å². The van der Waals surface area contributed by atoms with Crippen LogP contribution in [0.2, 0.25) is 0 Å². The summed E-state index contributed by atoms with van der Waals surface area (Å²) in [5.41, 5.74) is 1.22. The molecule has 0 saturated heterocycles. The molecule has 0 fully saturated rings. The van der Waals surface area contributed by atoms with Crippen molar-refractivity contribution < 1.29 is 9.90 Å². The zero-order valence-electron chi connectivity index (χ0n) is 12.4. The molecule has 1 unspecified atom stereocenters. The van der Waals surface area contributed by atoms with Gasteiger partial charge in [-0.05, 0) is 26.3 Å². The van der Waals surface area contributed by atoms with E-state index in [0.29, 0.717) is 12.8 Å². The Morgan fingerprint density at radius 3 is 2.65 bits per heavy atom. The molecule has 0 saturated carbocycles. The van der Waals surface area contributed by atoms with Crippen LogP contribution in [0.3, 0.4) is 0 Å². The molecule has 4 nitrogen and oxygen atoms in total. The molecular weight excluding hydrogens is 252 g/mol. The van der Waals surface area contributed by atoms with Crippen molar-refractivity contribution in [2.24, 2.45) is 5.41 Å². The van der Waals surface area contributed by atoms with Crippen LogP contribution in [0, 0.1) is 5.41 Å². The number of rotatable bonds is 6. The van der Waals surface area contributed by atoms with Crippen LogP contribution < -0.4 is 0 Å². The van der Waals surface area contributed by atoms with Crippen molar-refractivity contribution in [3.63, 3.8) is 0 Å². The SMILES string of the molecule is CCCC(C)(Cc1nn(CC)c2ccccc12)C(=O)O. The summed E-state index contributed by atoms with van der Waals surface area (Å²) in [4.78, 5) is 11.6. The van der Waals surface area contributed by atoms with Crippen molar-refractivity contribution >= 4 is 16.9 Å². The van der Waals surface area contributed by atoms with Crippen LogP contribution in [0.1, 0.15) is 39.3 Å². The maximum atomic E-state index is 11.6. The Morgan fingerprint density at radius 1 is 1.35 bits per heavy atom. The Labute approximate surface area is 119 Å². The van der Waals surface area contributed by atoms with Crippen LogP contribution in [0.25, 0.3) is 10.9 Å². The second kappa shape index (κ2) is 5.65. The van der Waals surface area contributed by atoms with E-state index in [1.54, 1.807) is 0 Å². The highest BCUT2D eigenvalue weighted by atomic mass is 16.4. The number of aryl methyl sites for hydroxylation is 1. The standard InChI is InChI=1S/C16H22N2O2/c1-4-10-16(3,15(19)20)11-13-12-8-6-7-9-14(12)18(5-2)17-13/h6-9H,4-5,10-11H2,1-3H3,(H,19,20). The molecule has 0 aliphatic rings. The molecule has 0 aliphatic carbocycles. The van der Waals surface area contributed by atoms with Gasteiger partial charge in [-0.25, -0.2) is 0 Å². The van der Waals surface area contributed by atoms with Crippen LogP contribution >= 0.6 is 0 Å². The number of benzene rings is 1. The molecule has 0 radical (unpaired) electrons. The molecule has 0 aliphatic heterocycles. The molecule has 0 bridgehead atoms. The molecule has 4 heteroatoms. The molecule has 0 spiro atoms. The number of aromatic nitrogens is 2. The van der Waals surface area contributed by atoms with E-state index in [9.17, 15) is 9.90 Å². The van der Waals surface area contributed by atoms with Gasteiger partial charge in [0.25, 0.3) is 0 Å². The van der Waals surface area contributed by atoms with Crippen LogP contribution in [0.4, 0.5) is 0 Å². The number of nitrogens with zero attached hydrogens (tertiary/aromatic N) is 2. The lowest BCUT2D eigenvalue weighted by Gasteiger charge is -2.23. The Balaban J connectivity index is 2.45. The van der Waals surface area contributed by atoms with Gasteiger partial charge in [-0.3, -0.25) is 9.48 Å². The first-order chi connectivity index (χ1) is 9.51. The average molecular weight is 274 g/mol. The highest BCUT2D eigenvalue weighted by Gasteiger charge is 2.34. The minimum Gasteiger partial charge on any atom is -0.481 e. The maximum absolute atomic E-state index is 11.6. The highest BCUT2D eigenvalue weighted by Crippen LogP contribution is 2.31. The molecule has 20 heavy (non-hydrogen) atoms. The van der Waals surface area contributed by atoms with E-state index in [-0.39, 0.29) is 0 Å². The Morgan fingerprint density at radius 2 is 2.05 bits per heavy atom. The zero-order chi connectivity index (χ0) is 14.8. The van der Waals surface area contributed by atoms with Gasteiger partial charge in [0.1, 0.15) is 0 Å². The van der Waals surface area contributed by atoms with Gasteiger partial charge in [-0.1, -0.05) is 31.5 Å². The summed E-state index contributed by atoms with van der Waals surface area (Å²) < 4.78 is 1.94.